The van der Waals surface area contributed by atoms with Crippen molar-refractivity contribution in [1.82, 2.24) is 25.5 Å². The third-order valence-electron chi connectivity index (χ3n) is 4.73. The van der Waals surface area contributed by atoms with E-state index in [2.05, 4.69) is 48.3 Å². The molecule has 1 amide bonds. The summed E-state index contributed by atoms with van der Waals surface area (Å²) in [5, 5.41) is 17.2. The van der Waals surface area contributed by atoms with Crippen molar-refractivity contribution in [3.05, 3.63) is 71.4 Å². The number of aromatic nitrogens is 4. The predicted octanol–water partition coefficient (Wildman–Crippen LogP) is 3.82. The minimum Gasteiger partial charge on any atom is -0.368 e. The number of benzene rings is 2. The van der Waals surface area contributed by atoms with Crippen molar-refractivity contribution >= 4 is 55.7 Å². The van der Waals surface area contributed by atoms with Gasteiger partial charge in [-0.2, -0.15) is 10.1 Å². The molecule has 5 N–H and O–H groups in total. The van der Waals surface area contributed by atoms with Crippen LogP contribution in [0.1, 0.15) is 16.1 Å². The smallest absolute Gasteiger partial charge is 0.272 e. The molecule has 0 aliphatic rings. The first-order valence-electron chi connectivity index (χ1n) is 9.24. The fraction of sp³-hybridized carbons (Fsp3) is 0.0476. The number of hydrogen-bond acceptors (Lipinski definition) is 7. The second-order valence-electron chi connectivity index (χ2n) is 6.70. The Kier molecular flexibility index (Phi) is 4.49. The zero-order valence-electron chi connectivity index (χ0n) is 15.7. The summed E-state index contributed by atoms with van der Waals surface area (Å²) in [5.41, 5.74) is 8.60. The van der Waals surface area contributed by atoms with Crippen molar-refractivity contribution in [3.63, 3.8) is 0 Å². The van der Waals surface area contributed by atoms with Crippen LogP contribution in [0.5, 0.6) is 0 Å². The number of carbonyl (C=O) groups excluding carboxylic acids is 1. The van der Waals surface area contributed by atoms with Gasteiger partial charge in [-0.15, -0.1) is 11.3 Å². The van der Waals surface area contributed by atoms with Crippen LogP contribution >= 0.6 is 11.3 Å². The molecule has 3 heterocycles. The fourth-order valence-electron chi connectivity index (χ4n) is 3.29. The highest BCUT2D eigenvalue weighted by Gasteiger charge is 2.15. The molecule has 3 aromatic heterocycles. The van der Waals surface area contributed by atoms with Crippen molar-refractivity contribution in [1.29, 1.82) is 0 Å². The van der Waals surface area contributed by atoms with Crippen molar-refractivity contribution in [2.45, 2.75) is 6.54 Å². The maximum atomic E-state index is 12.8. The first-order valence-corrected chi connectivity index (χ1v) is 10.1. The van der Waals surface area contributed by atoms with Crippen LogP contribution in [0.15, 0.2) is 60.1 Å². The van der Waals surface area contributed by atoms with Gasteiger partial charge in [-0.3, -0.25) is 9.89 Å². The Morgan fingerprint density at radius 2 is 2.03 bits per heavy atom. The Bertz CT molecular complexity index is 1370. The lowest BCUT2D eigenvalue weighted by atomic mass is 10.1. The maximum absolute atomic E-state index is 12.8. The van der Waals surface area contributed by atoms with E-state index in [9.17, 15) is 4.79 Å². The van der Waals surface area contributed by atoms with Gasteiger partial charge in [0.1, 0.15) is 5.82 Å². The van der Waals surface area contributed by atoms with Gasteiger partial charge in [0, 0.05) is 28.5 Å². The zero-order valence-corrected chi connectivity index (χ0v) is 16.5. The maximum Gasteiger partial charge on any atom is 0.272 e. The number of hydrogen-bond donors (Lipinski definition) is 4. The van der Waals surface area contributed by atoms with Gasteiger partial charge in [-0.1, -0.05) is 18.2 Å². The number of nitrogens with one attached hydrogen (secondary N) is 3. The van der Waals surface area contributed by atoms with Crippen molar-refractivity contribution in [3.8, 4) is 0 Å². The van der Waals surface area contributed by atoms with Crippen LogP contribution in [-0.2, 0) is 6.54 Å². The number of thiophene rings is 1. The summed E-state index contributed by atoms with van der Waals surface area (Å²) >= 11 is 1.67. The average Bonchev–Trinajstić information content (AvgIpc) is 3.36. The molecule has 0 spiro atoms. The topological polar surface area (TPSA) is 122 Å². The van der Waals surface area contributed by atoms with E-state index < -0.39 is 0 Å². The highest BCUT2D eigenvalue weighted by atomic mass is 32.1. The number of H-pyrrole nitrogens is 1. The Labute approximate surface area is 175 Å². The van der Waals surface area contributed by atoms with Crippen LogP contribution in [0, 0.1) is 0 Å². The Morgan fingerprint density at radius 1 is 1.13 bits per heavy atom. The second kappa shape index (κ2) is 7.45. The summed E-state index contributed by atoms with van der Waals surface area (Å²) in [5.74, 6) is 0.519. The Balaban J connectivity index is 1.37. The van der Waals surface area contributed by atoms with E-state index in [1.165, 1.54) is 4.70 Å². The third-order valence-corrected chi connectivity index (χ3v) is 5.74. The highest BCUT2D eigenvalue weighted by Crippen LogP contribution is 2.26. The second-order valence-corrected chi connectivity index (χ2v) is 7.61. The van der Waals surface area contributed by atoms with Crippen LogP contribution < -0.4 is 16.4 Å². The normalized spacial score (nSPS) is 11.1. The molecule has 0 unspecified atom stereocenters. The minimum atomic E-state index is -0.236. The molecule has 0 bridgehead atoms. The van der Waals surface area contributed by atoms with E-state index in [0.29, 0.717) is 18.1 Å². The standard InChI is InChI=1S/C21H17N7OS/c22-21-23-8-7-18(26-21)25-13-5-6-16-15(9-13)19(28-27-16)20(29)24-10-12-11-30-17-4-2-1-3-14(12)17/h1-9,11H,10H2,(H,24,29)(H,27,28)(H3,22,23,25,26). The van der Waals surface area contributed by atoms with Gasteiger partial charge in [-0.25, -0.2) is 4.98 Å². The molecule has 0 radical (unpaired) electrons. The van der Waals surface area contributed by atoms with Crippen LogP contribution in [0.25, 0.3) is 21.0 Å². The molecule has 30 heavy (non-hydrogen) atoms. The van der Waals surface area contributed by atoms with Gasteiger partial charge in [0.15, 0.2) is 5.69 Å². The van der Waals surface area contributed by atoms with E-state index in [1.807, 2.05) is 30.3 Å². The third kappa shape index (κ3) is 3.42. The Morgan fingerprint density at radius 3 is 2.93 bits per heavy atom. The summed E-state index contributed by atoms with van der Waals surface area (Å²) in [6.45, 7) is 0.440. The number of anilines is 3. The molecular formula is C21H17N7OS. The van der Waals surface area contributed by atoms with E-state index in [4.69, 9.17) is 5.73 Å². The number of amides is 1. The van der Waals surface area contributed by atoms with Crippen LogP contribution in [0.3, 0.4) is 0 Å². The zero-order chi connectivity index (χ0) is 20.5. The Hall–Kier alpha value is -3.98. The fourth-order valence-corrected chi connectivity index (χ4v) is 4.25. The van der Waals surface area contributed by atoms with Gasteiger partial charge in [0.25, 0.3) is 5.91 Å². The van der Waals surface area contributed by atoms with Gasteiger partial charge in [0.2, 0.25) is 5.95 Å². The number of nitrogen functional groups attached to an aromatic ring is 1. The number of rotatable bonds is 5. The number of fused-ring (bicyclic) bond motifs is 2. The summed E-state index contributed by atoms with van der Waals surface area (Å²) in [6.07, 6.45) is 1.58. The average molecular weight is 415 g/mol. The number of carbonyl (C=O) groups is 1. The molecule has 9 heteroatoms. The summed E-state index contributed by atoms with van der Waals surface area (Å²) < 4.78 is 1.20. The highest BCUT2D eigenvalue weighted by molar-refractivity contribution is 7.17. The summed E-state index contributed by atoms with van der Waals surface area (Å²) in [4.78, 5) is 20.8. The molecule has 8 nitrogen and oxygen atoms in total. The SMILES string of the molecule is Nc1nccc(Nc2ccc3[nH]nc(C(=O)NCc4csc5ccccc45)c3c2)n1. The van der Waals surface area contributed by atoms with Gasteiger partial charge in [-0.05, 0) is 46.7 Å². The van der Waals surface area contributed by atoms with E-state index in [-0.39, 0.29) is 11.9 Å². The van der Waals surface area contributed by atoms with Crippen LogP contribution in [0.4, 0.5) is 17.5 Å². The summed E-state index contributed by atoms with van der Waals surface area (Å²) in [7, 11) is 0. The van der Waals surface area contributed by atoms with Crippen LogP contribution in [0.2, 0.25) is 0 Å². The van der Waals surface area contributed by atoms with Crippen molar-refractivity contribution < 1.29 is 4.79 Å². The molecule has 0 saturated carbocycles. The van der Waals surface area contributed by atoms with E-state index >= 15 is 0 Å². The van der Waals surface area contributed by atoms with Crippen molar-refractivity contribution in [2.24, 2.45) is 0 Å². The van der Waals surface area contributed by atoms with Gasteiger partial charge in [0.05, 0.1) is 5.52 Å². The molecule has 0 saturated heterocycles. The van der Waals surface area contributed by atoms with E-state index in [0.717, 1.165) is 27.5 Å². The van der Waals surface area contributed by atoms with Gasteiger partial charge >= 0.3 is 0 Å². The lowest BCUT2D eigenvalue weighted by molar-refractivity contribution is 0.0947. The van der Waals surface area contributed by atoms with E-state index in [1.54, 1.807) is 23.6 Å². The predicted molar refractivity (Wildman–Crippen MR) is 119 cm³/mol. The number of nitrogens with zero attached hydrogens (tertiary/aromatic N) is 3. The molecule has 0 aliphatic heterocycles. The molecule has 148 valence electrons. The first kappa shape index (κ1) is 18.1. The quantitative estimate of drug-likeness (QED) is 0.346. The molecule has 5 rings (SSSR count). The minimum absolute atomic E-state index is 0.186. The number of nitrogens with two attached hydrogens (primary N) is 1. The molecule has 0 fully saturated rings. The molecule has 2 aromatic carbocycles. The lowest BCUT2D eigenvalue weighted by Gasteiger charge is -2.06. The monoisotopic (exact) mass is 415 g/mol. The molecule has 5 aromatic rings. The van der Waals surface area contributed by atoms with Crippen LogP contribution in [-0.4, -0.2) is 26.1 Å². The first-order chi connectivity index (χ1) is 14.7. The van der Waals surface area contributed by atoms with Crippen molar-refractivity contribution in [2.75, 3.05) is 11.1 Å². The molecule has 0 aliphatic carbocycles. The van der Waals surface area contributed by atoms with Gasteiger partial charge < -0.3 is 16.4 Å². The summed E-state index contributed by atoms with van der Waals surface area (Å²) in [6, 6.07) is 15.5. The lowest BCUT2D eigenvalue weighted by Crippen LogP contribution is -2.23. The molecule has 0 atom stereocenters. The molecular weight excluding hydrogens is 398 g/mol. The number of aromatic amines is 1. The largest absolute Gasteiger partial charge is 0.368 e.